The van der Waals surface area contributed by atoms with E-state index >= 15 is 0 Å². The molecule has 0 aromatic heterocycles. The molecule has 0 saturated heterocycles. The van der Waals surface area contributed by atoms with Crippen LogP contribution >= 0.6 is 0 Å². The topological polar surface area (TPSA) is 111 Å². The van der Waals surface area contributed by atoms with Crippen LogP contribution in [0.5, 0.6) is 0 Å². The highest BCUT2D eigenvalue weighted by Crippen LogP contribution is 2.35. The van der Waals surface area contributed by atoms with Crippen molar-refractivity contribution in [3.63, 3.8) is 0 Å². The fraction of sp³-hybridized carbons (Fsp3) is 0.895. The van der Waals surface area contributed by atoms with Gasteiger partial charge < -0.3 is 25.6 Å². The summed E-state index contributed by atoms with van der Waals surface area (Å²) in [4.78, 5) is 20.6. The summed E-state index contributed by atoms with van der Waals surface area (Å²) < 4.78 is 10.1. The van der Waals surface area contributed by atoms with Crippen molar-refractivity contribution < 1.29 is 24.2 Å². The molecule has 0 unspecified atom stereocenters. The number of aliphatic carboxylic acids is 1. The highest BCUT2D eigenvalue weighted by molar-refractivity contribution is 5.73. The first-order valence-corrected chi connectivity index (χ1v) is 9.39. The van der Waals surface area contributed by atoms with Gasteiger partial charge in [0.2, 0.25) is 6.41 Å². The predicted molar refractivity (Wildman–Crippen MR) is 106 cm³/mol. The fourth-order valence-electron chi connectivity index (χ4n) is 1.99. The molecule has 0 heterocycles. The number of nitrogens with two attached hydrogens (primary N) is 1. The van der Waals surface area contributed by atoms with E-state index < -0.39 is 11.4 Å². The summed E-state index contributed by atoms with van der Waals surface area (Å²) in [5, 5.41) is 11.4. The molecule has 0 aromatic carbocycles. The van der Waals surface area contributed by atoms with E-state index in [9.17, 15) is 9.59 Å². The Labute approximate surface area is 160 Å². The molecule has 0 fully saturated rings. The van der Waals surface area contributed by atoms with Crippen LogP contribution in [0.1, 0.15) is 61.3 Å². The Kier molecular flexibility index (Phi) is 21.2. The van der Waals surface area contributed by atoms with Gasteiger partial charge in [0.1, 0.15) is 0 Å². The summed E-state index contributed by atoms with van der Waals surface area (Å²) in [7, 11) is 0. The van der Waals surface area contributed by atoms with Crippen molar-refractivity contribution in [3.8, 4) is 0 Å². The highest BCUT2D eigenvalue weighted by Gasteiger charge is 2.33. The van der Waals surface area contributed by atoms with Crippen molar-refractivity contribution in [2.24, 2.45) is 16.6 Å². The van der Waals surface area contributed by atoms with E-state index in [1.54, 1.807) is 13.8 Å². The van der Waals surface area contributed by atoms with E-state index in [0.717, 1.165) is 12.8 Å². The van der Waals surface area contributed by atoms with E-state index in [0.29, 0.717) is 45.9 Å². The van der Waals surface area contributed by atoms with Gasteiger partial charge in [-0.05, 0) is 25.7 Å². The minimum absolute atomic E-state index is 0.127. The molecule has 0 aliphatic rings. The van der Waals surface area contributed by atoms with Crippen molar-refractivity contribution in [2.45, 2.75) is 61.3 Å². The minimum Gasteiger partial charge on any atom is -0.481 e. The Morgan fingerprint density at radius 1 is 1.08 bits per heavy atom. The number of carbonyl (C=O) groups is 2. The zero-order valence-electron chi connectivity index (χ0n) is 17.9. The Balaban J connectivity index is -0.000000371. The molecule has 0 atom stereocenters. The third kappa shape index (κ3) is 20.9. The van der Waals surface area contributed by atoms with E-state index in [1.807, 2.05) is 13.8 Å². The second kappa shape index (κ2) is 18.6. The summed E-state index contributed by atoms with van der Waals surface area (Å²) in [6.07, 6.45) is 2.39. The Morgan fingerprint density at radius 3 is 1.96 bits per heavy atom. The summed E-state index contributed by atoms with van der Waals surface area (Å²) in [6, 6.07) is 0. The van der Waals surface area contributed by atoms with E-state index in [2.05, 4.69) is 26.1 Å². The second-order valence-electron chi connectivity index (χ2n) is 6.97. The molecule has 0 aliphatic heterocycles. The first-order valence-electron chi connectivity index (χ1n) is 9.39. The quantitative estimate of drug-likeness (QED) is 0.336. The van der Waals surface area contributed by atoms with E-state index in [-0.39, 0.29) is 5.41 Å². The summed E-state index contributed by atoms with van der Waals surface area (Å²) in [5.74, 6) is -0.705. The van der Waals surface area contributed by atoms with Crippen LogP contribution in [0.4, 0.5) is 0 Å². The maximum Gasteiger partial charge on any atom is 0.309 e. The normalized spacial score (nSPS) is 10.8. The van der Waals surface area contributed by atoms with Gasteiger partial charge in [-0.3, -0.25) is 9.59 Å². The van der Waals surface area contributed by atoms with Crippen LogP contribution in [-0.2, 0) is 19.1 Å². The standard InChI is InChI=1S/C10H20O2.C7H16N2O3.C2H6/c1-6-9(2,3)7-10(4,5)8(11)12;8-1-3-11-5-6-12-4-2-9-7-10;1-2/h6-7H2,1-5H3,(H,11,12);7H,1-6,8H2,(H,9,10);1-2H3. The molecule has 0 spiro atoms. The van der Waals surface area contributed by atoms with E-state index in [1.165, 1.54) is 0 Å². The van der Waals surface area contributed by atoms with Crippen LogP contribution < -0.4 is 11.1 Å². The molecule has 0 aromatic rings. The lowest BCUT2D eigenvalue weighted by Gasteiger charge is -2.31. The SMILES string of the molecule is CC.CCC(C)(C)CC(C)(C)C(=O)O.NCCOCCOCCNC=O. The molecule has 158 valence electrons. The average molecular weight is 379 g/mol. The number of rotatable bonds is 13. The molecule has 7 heteroatoms. The molecule has 0 rings (SSSR count). The van der Waals surface area contributed by atoms with Crippen LogP contribution in [0.3, 0.4) is 0 Å². The van der Waals surface area contributed by atoms with E-state index in [4.69, 9.17) is 20.3 Å². The van der Waals surface area contributed by atoms with Crippen molar-refractivity contribution in [2.75, 3.05) is 39.5 Å². The molecule has 0 aliphatic carbocycles. The van der Waals surface area contributed by atoms with Gasteiger partial charge >= 0.3 is 5.97 Å². The third-order valence-electron chi connectivity index (χ3n) is 3.56. The molecule has 7 nitrogen and oxygen atoms in total. The smallest absolute Gasteiger partial charge is 0.309 e. The number of carbonyl (C=O) groups excluding carboxylic acids is 1. The Bertz CT molecular complexity index is 334. The average Bonchev–Trinajstić information content (AvgIpc) is 2.59. The first-order chi connectivity index (χ1) is 12.1. The van der Waals surface area contributed by atoms with Crippen molar-refractivity contribution in [1.29, 1.82) is 0 Å². The van der Waals surface area contributed by atoms with Crippen molar-refractivity contribution in [1.82, 2.24) is 5.32 Å². The van der Waals surface area contributed by atoms with Gasteiger partial charge in [0, 0.05) is 13.1 Å². The van der Waals surface area contributed by atoms with Gasteiger partial charge in [-0.25, -0.2) is 0 Å². The van der Waals surface area contributed by atoms with Gasteiger partial charge in [0.15, 0.2) is 0 Å². The lowest BCUT2D eigenvalue weighted by atomic mass is 9.74. The van der Waals surface area contributed by atoms with Crippen LogP contribution in [-0.4, -0.2) is 57.0 Å². The van der Waals surface area contributed by atoms with Crippen molar-refractivity contribution >= 4 is 12.4 Å². The summed E-state index contributed by atoms with van der Waals surface area (Å²) >= 11 is 0. The number of nitrogens with one attached hydrogen (secondary N) is 1. The molecule has 1 amide bonds. The molecule has 0 radical (unpaired) electrons. The molecular formula is C19H42N2O5. The highest BCUT2D eigenvalue weighted by atomic mass is 16.5. The van der Waals surface area contributed by atoms with Crippen LogP contribution in [0.25, 0.3) is 0 Å². The van der Waals surface area contributed by atoms with Crippen LogP contribution in [0.15, 0.2) is 0 Å². The second-order valence-corrected chi connectivity index (χ2v) is 6.97. The number of carboxylic acid groups (broad SMARTS) is 1. The van der Waals surface area contributed by atoms with Gasteiger partial charge in [-0.1, -0.05) is 41.0 Å². The molecule has 26 heavy (non-hydrogen) atoms. The molecule has 0 saturated carbocycles. The number of carboxylic acids is 1. The Morgan fingerprint density at radius 2 is 1.58 bits per heavy atom. The minimum atomic E-state index is -0.705. The largest absolute Gasteiger partial charge is 0.481 e. The van der Waals surface area contributed by atoms with Crippen LogP contribution in [0, 0.1) is 10.8 Å². The predicted octanol–water partition coefficient (Wildman–Crippen LogP) is 2.67. The summed E-state index contributed by atoms with van der Waals surface area (Å²) in [6.45, 7) is 17.1. The van der Waals surface area contributed by atoms with Gasteiger partial charge in [-0.15, -0.1) is 0 Å². The molecule has 4 N–H and O–H groups in total. The van der Waals surface area contributed by atoms with Gasteiger partial charge in [-0.2, -0.15) is 0 Å². The molecule has 0 bridgehead atoms. The summed E-state index contributed by atoms with van der Waals surface area (Å²) in [5.41, 5.74) is 4.72. The number of hydrogen-bond acceptors (Lipinski definition) is 5. The monoisotopic (exact) mass is 378 g/mol. The number of amides is 1. The zero-order valence-corrected chi connectivity index (χ0v) is 17.9. The molecular weight excluding hydrogens is 336 g/mol. The Hall–Kier alpha value is -1.18. The van der Waals surface area contributed by atoms with Gasteiger partial charge in [0.05, 0.1) is 31.8 Å². The fourth-order valence-corrected chi connectivity index (χ4v) is 1.99. The van der Waals surface area contributed by atoms with Gasteiger partial charge in [0.25, 0.3) is 0 Å². The van der Waals surface area contributed by atoms with Crippen LogP contribution in [0.2, 0.25) is 0 Å². The lowest BCUT2D eigenvalue weighted by molar-refractivity contribution is -0.148. The number of ether oxygens (including phenoxy) is 2. The third-order valence-corrected chi connectivity index (χ3v) is 3.56. The first kappa shape index (κ1) is 29.6. The maximum atomic E-state index is 10.8. The maximum absolute atomic E-state index is 10.8. The van der Waals surface area contributed by atoms with Crippen molar-refractivity contribution in [3.05, 3.63) is 0 Å². The number of hydrogen-bond donors (Lipinski definition) is 3. The zero-order chi connectivity index (χ0) is 21.1. The lowest BCUT2D eigenvalue weighted by Crippen LogP contribution is -2.30.